The normalized spacial score (nSPS) is 19.3. The molecule has 2 aromatic rings. The van der Waals surface area contributed by atoms with Gasteiger partial charge in [0.25, 0.3) is 5.91 Å². The van der Waals surface area contributed by atoms with E-state index < -0.39 is 9.84 Å². The number of rotatable bonds is 5. The maximum absolute atomic E-state index is 12.5. The first-order valence-electron chi connectivity index (χ1n) is 7.57. The monoisotopic (exact) mass is 382 g/mol. The van der Waals surface area contributed by atoms with Crippen molar-refractivity contribution in [3.8, 4) is 0 Å². The molecule has 5 nitrogen and oxygen atoms in total. The number of thioether (sulfide) groups is 1. The molecule has 2 heterocycles. The summed E-state index contributed by atoms with van der Waals surface area (Å²) < 4.78 is 23.1. The summed E-state index contributed by atoms with van der Waals surface area (Å²) in [6.07, 6.45) is 0.488. The average Bonchev–Trinajstić information content (AvgIpc) is 3.10. The van der Waals surface area contributed by atoms with Gasteiger partial charge in [0.2, 0.25) is 0 Å². The number of benzene rings is 1. The topological polar surface area (TPSA) is 76.1 Å². The number of thiazole rings is 1. The van der Waals surface area contributed by atoms with E-state index in [1.54, 1.807) is 29.2 Å². The van der Waals surface area contributed by atoms with E-state index in [2.05, 4.69) is 10.3 Å². The first-order valence-corrected chi connectivity index (χ1v) is 11.3. The summed E-state index contributed by atoms with van der Waals surface area (Å²) in [5, 5.41) is 5.90. The second-order valence-electron chi connectivity index (χ2n) is 5.72. The molecule has 1 saturated heterocycles. The van der Waals surface area contributed by atoms with E-state index in [1.165, 1.54) is 0 Å². The van der Waals surface area contributed by atoms with Crippen LogP contribution in [0.5, 0.6) is 0 Å². The van der Waals surface area contributed by atoms with Crippen LogP contribution in [-0.4, -0.2) is 36.9 Å². The summed E-state index contributed by atoms with van der Waals surface area (Å²) in [6.45, 7) is 1.97. The van der Waals surface area contributed by atoms with Crippen molar-refractivity contribution >= 4 is 38.8 Å². The Bertz CT molecular complexity index is 846. The highest BCUT2D eigenvalue weighted by Gasteiger charge is 2.29. The van der Waals surface area contributed by atoms with Crippen LogP contribution in [0.3, 0.4) is 0 Å². The van der Waals surface area contributed by atoms with Gasteiger partial charge in [-0.25, -0.2) is 13.4 Å². The minimum absolute atomic E-state index is 0.0339. The third kappa shape index (κ3) is 4.37. The van der Waals surface area contributed by atoms with Crippen LogP contribution in [0.25, 0.3) is 0 Å². The van der Waals surface area contributed by atoms with Crippen molar-refractivity contribution in [2.45, 2.75) is 30.0 Å². The zero-order chi connectivity index (χ0) is 17.2. The lowest BCUT2D eigenvalue weighted by molar-refractivity contribution is 0.0938. The van der Waals surface area contributed by atoms with Crippen LogP contribution in [0.1, 0.15) is 27.5 Å². The van der Waals surface area contributed by atoms with E-state index in [4.69, 9.17) is 0 Å². The summed E-state index contributed by atoms with van der Waals surface area (Å²) in [5.74, 6) is 0.672. The number of aryl methyl sites for hydroxylation is 1. The molecule has 0 radical (unpaired) electrons. The molecule has 1 aromatic heterocycles. The van der Waals surface area contributed by atoms with Gasteiger partial charge in [-0.1, -0.05) is 12.1 Å². The second kappa shape index (κ2) is 7.25. The summed E-state index contributed by atoms with van der Waals surface area (Å²) in [4.78, 5) is 17.8. The zero-order valence-corrected chi connectivity index (χ0v) is 15.6. The Morgan fingerprint density at radius 1 is 1.42 bits per heavy atom. The van der Waals surface area contributed by atoms with Gasteiger partial charge >= 0.3 is 0 Å². The summed E-state index contributed by atoms with van der Waals surface area (Å²) in [7, 11) is -3.00. The molecule has 1 aromatic carbocycles. The molecule has 1 atom stereocenters. The molecule has 3 rings (SSSR count). The summed E-state index contributed by atoms with van der Waals surface area (Å²) >= 11 is 3.18. The number of amides is 1. The van der Waals surface area contributed by atoms with E-state index in [1.807, 2.05) is 30.5 Å². The number of hydrogen-bond acceptors (Lipinski definition) is 6. The molecule has 24 heavy (non-hydrogen) atoms. The highest BCUT2D eigenvalue weighted by molar-refractivity contribution is 7.98. The average molecular weight is 383 g/mol. The maximum Gasteiger partial charge on any atom is 0.252 e. The molecule has 128 valence electrons. The van der Waals surface area contributed by atoms with E-state index in [0.717, 1.165) is 15.6 Å². The van der Waals surface area contributed by atoms with Gasteiger partial charge in [-0.3, -0.25) is 4.79 Å². The van der Waals surface area contributed by atoms with Crippen molar-refractivity contribution < 1.29 is 13.2 Å². The van der Waals surface area contributed by atoms with Gasteiger partial charge in [0.05, 0.1) is 27.8 Å². The minimum Gasteiger partial charge on any atom is -0.348 e. The molecule has 1 fully saturated rings. The lowest BCUT2D eigenvalue weighted by atomic mass is 10.2. The molecule has 1 aliphatic heterocycles. The SMILES string of the molecule is Cc1nc(CSc2ccccc2C(=O)N[C@H]2CCS(=O)(=O)C2)cs1. The van der Waals surface area contributed by atoms with E-state index in [0.29, 0.717) is 17.7 Å². The Balaban J connectivity index is 1.68. The van der Waals surface area contributed by atoms with E-state index >= 15 is 0 Å². The smallest absolute Gasteiger partial charge is 0.252 e. The standard InChI is InChI=1S/C16H18N2O3S3/c1-11-17-13(8-22-11)9-23-15-5-3-2-4-14(15)16(19)18-12-6-7-24(20,21)10-12/h2-5,8,12H,6-7,9-10H2,1H3,(H,18,19)/t12-/m0/s1. The second-order valence-corrected chi connectivity index (χ2v) is 10.0. The molecule has 1 aliphatic rings. The quantitative estimate of drug-likeness (QED) is 0.805. The van der Waals surface area contributed by atoms with Gasteiger partial charge < -0.3 is 5.32 Å². The van der Waals surface area contributed by atoms with E-state index in [9.17, 15) is 13.2 Å². The number of aromatic nitrogens is 1. The number of sulfone groups is 1. The maximum atomic E-state index is 12.5. The molecule has 0 spiro atoms. The van der Waals surface area contributed by atoms with Crippen LogP contribution in [0.15, 0.2) is 34.5 Å². The first kappa shape index (κ1) is 17.4. The Morgan fingerprint density at radius 2 is 2.21 bits per heavy atom. The molecular formula is C16H18N2O3S3. The molecule has 8 heteroatoms. The Hall–Kier alpha value is -1.38. The fraction of sp³-hybridized carbons (Fsp3) is 0.375. The van der Waals surface area contributed by atoms with Gasteiger partial charge in [0, 0.05) is 22.1 Å². The Kier molecular flexibility index (Phi) is 5.27. The predicted octanol–water partition coefficient (Wildman–Crippen LogP) is 2.66. The first-order chi connectivity index (χ1) is 11.4. The third-order valence-electron chi connectivity index (χ3n) is 3.74. The summed E-state index contributed by atoms with van der Waals surface area (Å²) in [6, 6.07) is 7.10. The number of hydrogen-bond donors (Lipinski definition) is 1. The lowest BCUT2D eigenvalue weighted by Gasteiger charge is -2.13. The molecule has 0 aliphatic carbocycles. The van der Waals surface area contributed by atoms with Gasteiger partial charge in [-0.2, -0.15) is 0 Å². The van der Waals surface area contributed by atoms with Crippen LogP contribution >= 0.6 is 23.1 Å². The number of nitrogens with zero attached hydrogens (tertiary/aromatic N) is 1. The van der Waals surface area contributed by atoms with Crippen molar-refractivity contribution in [1.82, 2.24) is 10.3 Å². The van der Waals surface area contributed by atoms with Crippen LogP contribution in [-0.2, 0) is 15.6 Å². The highest BCUT2D eigenvalue weighted by Crippen LogP contribution is 2.27. The third-order valence-corrected chi connectivity index (χ3v) is 7.44. The lowest BCUT2D eigenvalue weighted by Crippen LogP contribution is -2.35. The highest BCUT2D eigenvalue weighted by atomic mass is 32.2. The van der Waals surface area contributed by atoms with Gasteiger partial charge in [-0.05, 0) is 25.5 Å². The number of carbonyl (C=O) groups is 1. The van der Waals surface area contributed by atoms with Crippen molar-refractivity contribution in [1.29, 1.82) is 0 Å². The minimum atomic E-state index is -3.00. The van der Waals surface area contributed by atoms with Crippen LogP contribution in [0, 0.1) is 6.92 Å². The van der Waals surface area contributed by atoms with Crippen molar-refractivity contribution in [3.63, 3.8) is 0 Å². The van der Waals surface area contributed by atoms with Crippen molar-refractivity contribution in [2.75, 3.05) is 11.5 Å². The number of carbonyl (C=O) groups excluding carboxylic acids is 1. The van der Waals surface area contributed by atoms with Crippen LogP contribution in [0.2, 0.25) is 0 Å². The van der Waals surface area contributed by atoms with Crippen LogP contribution in [0.4, 0.5) is 0 Å². The molecule has 1 N–H and O–H groups in total. The van der Waals surface area contributed by atoms with Crippen LogP contribution < -0.4 is 5.32 Å². The van der Waals surface area contributed by atoms with Gasteiger partial charge in [-0.15, -0.1) is 23.1 Å². The predicted molar refractivity (Wildman–Crippen MR) is 97.4 cm³/mol. The molecule has 1 amide bonds. The zero-order valence-electron chi connectivity index (χ0n) is 13.2. The number of nitrogens with one attached hydrogen (secondary N) is 1. The molecular weight excluding hydrogens is 364 g/mol. The molecule has 0 bridgehead atoms. The molecule has 0 unspecified atom stereocenters. The Labute approximate surface area is 149 Å². The van der Waals surface area contributed by atoms with E-state index in [-0.39, 0.29) is 23.5 Å². The molecule has 0 saturated carbocycles. The van der Waals surface area contributed by atoms with Crippen molar-refractivity contribution in [3.05, 3.63) is 45.9 Å². The van der Waals surface area contributed by atoms with Gasteiger partial charge in [0.15, 0.2) is 9.84 Å². The fourth-order valence-electron chi connectivity index (χ4n) is 2.58. The largest absolute Gasteiger partial charge is 0.348 e. The summed E-state index contributed by atoms with van der Waals surface area (Å²) in [5.41, 5.74) is 1.58. The fourth-order valence-corrected chi connectivity index (χ4v) is 5.91. The Morgan fingerprint density at radius 3 is 2.88 bits per heavy atom. The van der Waals surface area contributed by atoms with Gasteiger partial charge in [0.1, 0.15) is 0 Å². The van der Waals surface area contributed by atoms with Crippen molar-refractivity contribution in [2.24, 2.45) is 0 Å².